The van der Waals surface area contributed by atoms with Crippen molar-refractivity contribution in [2.24, 2.45) is 11.8 Å². The number of hydrogen-bond donors (Lipinski definition) is 2. The number of carbonyl (C=O) groups is 1. The third-order valence-corrected chi connectivity index (χ3v) is 5.08. The van der Waals surface area contributed by atoms with E-state index in [0.717, 1.165) is 5.92 Å². The van der Waals surface area contributed by atoms with Crippen LogP contribution in [0.3, 0.4) is 0 Å². The lowest BCUT2D eigenvalue weighted by Crippen LogP contribution is -2.31. The number of anilines is 1. The average molecular weight is 357 g/mol. The fourth-order valence-corrected chi connectivity index (χ4v) is 3.41. The van der Waals surface area contributed by atoms with E-state index in [2.05, 4.69) is 28.2 Å². The Kier molecular flexibility index (Phi) is 5.62. The second-order valence-corrected chi connectivity index (χ2v) is 6.71. The Morgan fingerprint density at radius 2 is 1.95 bits per heavy atom. The van der Waals surface area contributed by atoms with Crippen molar-refractivity contribution in [1.29, 1.82) is 0 Å². The topological polar surface area (TPSA) is 55.1 Å². The highest BCUT2D eigenvalue weighted by Crippen LogP contribution is 2.30. The van der Waals surface area contributed by atoms with E-state index < -0.39 is 5.82 Å². The molecule has 0 atom stereocenters. The van der Waals surface area contributed by atoms with Gasteiger partial charge in [-0.05, 0) is 52.7 Å². The van der Waals surface area contributed by atoms with Crippen LogP contribution in [0.15, 0.2) is 16.6 Å². The zero-order valence-electron chi connectivity index (χ0n) is 12.3. The summed E-state index contributed by atoms with van der Waals surface area (Å²) in [5.41, 5.74) is 5.90. The largest absolute Gasteiger partial charge is 0.396 e. The van der Waals surface area contributed by atoms with Crippen LogP contribution in [0.4, 0.5) is 10.1 Å². The molecule has 1 aliphatic rings. The molecule has 0 spiro atoms. The van der Waals surface area contributed by atoms with Gasteiger partial charge in [0, 0.05) is 11.0 Å². The highest BCUT2D eigenvalue weighted by atomic mass is 79.9. The van der Waals surface area contributed by atoms with Crippen molar-refractivity contribution in [3.05, 3.63) is 28.0 Å². The van der Waals surface area contributed by atoms with Gasteiger partial charge in [0.1, 0.15) is 5.82 Å². The van der Waals surface area contributed by atoms with Crippen molar-refractivity contribution in [3.8, 4) is 0 Å². The first-order chi connectivity index (χ1) is 10.0. The fraction of sp³-hybridized carbons (Fsp3) is 0.562. The minimum atomic E-state index is -0.517. The number of nitrogens with two attached hydrogens (primary N) is 1. The summed E-state index contributed by atoms with van der Waals surface area (Å²) in [4.78, 5) is 12.2. The summed E-state index contributed by atoms with van der Waals surface area (Å²) in [6.45, 7) is 2.92. The molecule has 0 aliphatic heterocycles. The summed E-state index contributed by atoms with van der Waals surface area (Å²) >= 11 is 3.21. The van der Waals surface area contributed by atoms with Crippen molar-refractivity contribution in [1.82, 2.24) is 5.32 Å². The summed E-state index contributed by atoms with van der Waals surface area (Å²) in [5.74, 6) is 0.679. The normalized spacial score (nSPS) is 22.0. The van der Waals surface area contributed by atoms with Gasteiger partial charge in [-0.15, -0.1) is 0 Å². The molecule has 1 amide bonds. The number of benzene rings is 1. The van der Waals surface area contributed by atoms with Gasteiger partial charge < -0.3 is 11.1 Å². The van der Waals surface area contributed by atoms with Crippen LogP contribution < -0.4 is 11.1 Å². The highest BCUT2D eigenvalue weighted by Gasteiger charge is 2.21. The monoisotopic (exact) mass is 356 g/mol. The molecule has 1 aromatic rings. The summed E-state index contributed by atoms with van der Waals surface area (Å²) in [6.07, 6.45) is 6.10. The molecule has 1 fully saturated rings. The van der Waals surface area contributed by atoms with E-state index in [4.69, 9.17) is 5.73 Å². The number of halogens is 2. The highest BCUT2D eigenvalue weighted by molar-refractivity contribution is 9.10. The van der Waals surface area contributed by atoms with E-state index in [1.165, 1.54) is 44.2 Å². The maximum absolute atomic E-state index is 13.3. The van der Waals surface area contributed by atoms with Crippen LogP contribution in [-0.4, -0.2) is 12.5 Å². The molecule has 0 bridgehead atoms. The van der Waals surface area contributed by atoms with Crippen LogP contribution in [0.2, 0.25) is 0 Å². The zero-order chi connectivity index (χ0) is 15.4. The van der Waals surface area contributed by atoms with Crippen LogP contribution in [0, 0.1) is 17.7 Å². The van der Waals surface area contributed by atoms with Gasteiger partial charge in [0.2, 0.25) is 0 Å². The van der Waals surface area contributed by atoms with Crippen LogP contribution >= 0.6 is 15.9 Å². The summed E-state index contributed by atoms with van der Waals surface area (Å²) in [7, 11) is 0. The maximum Gasteiger partial charge on any atom is 0.252 e. The average Bonchev–Trinajstić information content (AvgIpc) is 2.49. The van der Waals surface area contributed by atoms with Crippen LogP contribution in [0.5, 0.6) is 0 Å². The molecule has 0 unspecified atom stereocenters. The Labute approximate surface area is 133 Å². The zero-order valence-corrected chi connectivity index (χ0v) is 13.9. The molecular weight excluding hydrogens is 335 g/mol. The first-order valence-corrected chi connectivity index (χ1v) is 8.33. The third-order valence-electron chi connectivity index (χ3n) is 4.43. The molecule has 1 saturated carbocycles. The molecule has 0 saturated heterocycles. The van der Waals surface area contributed by atoms with Gasteiger partial charge in [0.15, 0.2) is 0 Å². The molecule has 21 heavy (non-hydrogen) atoms. The fourth-order valence-electron chi connectivity index (χ4n) is 2.92. The summed E-state index contributed by atoms with van der Waals surface area (Å²) in [5, 5.41) is 2.94. The minimum Gasteiger partial charge on any atom is -0.396 e. The van der Waals surface area contributed by atoms with Gasteiger partial charge >= 0.3 is 0 Å². The van der Waals surface area contributed by atoms with Crippen molar-refractivity contribution < 1.29 is 9.18 Å². The Morgan fingerprint density at radius 3 is 2.57 bits per heavy atom. The Hall–Kier alpha value is -1.10. The molecule has 3 N–H and O–H groups in total. The standard InChI is InChI=1S/C16H22BrFN2O/c1-2-10-3-5-11(6-4-10)9-20-16(21)12-7-15(19)14(18)8-13(12)17/h7-8,10-11H,2-6,9,19H2,1H3,(H,20,21). The first-order valence-electron chi connectivity index (χ1n) is 7.54. The Morgan fingerprint density at radius 1 is 1.33 bits per heavy atom. The molecule has 116 valence electrons. The van der Waals surface area contributed by atoms with Gasteiger partial charge in [0.05, 0.1) is 11.3 Å². The van der Waals surface area contributed by atoms with E-state index in [-0.39, 0.29) is 11.6 Å². The predicted molar refractivity (Wildman–Crippen MR) is 86.6 cm³/mol. The molecule has 5 heteroatoms. The molecular formula is C16H22BrFN2O. The number of nitrogens with one attached hydrogen (secondary N) is 1. The van der Waals surface area contributed by atoms with E-state index >= 15 is 0 Å². The van der Waals surface area contributed by atoms with Crippen LogP contribution in [0.1, 0.15) is 49.4 Å². The molecule has 1 aliphatic carbocycles. The van der Waals surface area contributed by atoms with Crippen molar-refractivity contribution in [2.75, 3.05) is 12.3 Å². The number of nitrogen functional groups attached to an aromatic ring is 1. The van der Waals surface area contributed by atoms with E-state index in [1.807, 2.05) is 0 Å². The molecule has 0 aromatic heterocycles. The second kappa shape index (κ2) is 7.25. The number of carbonyl (C=O) groups excluding carboxylic acids is 1. The van der Waals surface area contributed by atoms with Gasteiger partial charge in [-0.25, -0.2) is 4.39 Å². The van der Waals surface area contributed by atoms with Crippen molar-refractivity contribution in [2.45, 2.75) is 39.0 Å². The van der Waals surface area contributed by atoms with E-state index in [9.17, 15) is 9.18 Å². The lowest BCUT2D eigenvalue weighted by atomic mass is 9.81. The number of hydrogen-bond acceptors (Lipinski definition) is 2. The number of amides is 1. The Balaban J connectivity index is 1.89. The lowest BCUT2D eigenvalue weighted by Gasteiger charge is -2.27. The van der Waals surface area contributed by atoms with E-state index in [1.54, 1.807) is 0 Å². The second-order valence-electron chi connectivity index (χ2n) is 5.86. The van der Waals surface area contributed by atoms with Crippen LogP contribution in [0.25, 0.3) is 0 Å². The summed E-state index contributed by atoms with van der Waals surface area (Å²) in [6, 6.07) is 2.61. The minimum absolute atomic E-state index is 0.00759. The quantitative estimate of drug-likeness (QED) is 0.797. The smallest absolute Gasteiger partial charge is 0.252 e. The Bertz CT molecular complexity index is 513. The molecule has 0 radical (unpaired) electrons. The molecule has 0 heterocycles. The lowest BCUT2D eigenvalue weighted by molar-refractivity contribution is 0.0940. The van der Waals surface area contributed by atoms with Crippen LogP contribution in [-0.2, 0) is 0 Å². The van der Waals surface area contributed by atoms with Gasteiger partial charge in [-0.2, -0.15) is 0 Å². The molecule has 1 aromatic carbocycles. The number of rotatable bonds is 4. The van der Waals surface area contributed by atoms with Gasteiger partial charge in [0.25, 0.3) is 5.91 Å². The SMILES string of the molecule is CCC1CCC(CNC(=O)c2cc(N)c(F)cc2Br)CC1. The van der Waals surface area contributed by atoms with Crippen molar-refractivity contribution >= 4 is 27.5 Å². The first kappa shape index (κ1) is 16.3. The summed E-state index contributed by atoms with van der Waals surface area (Å²) < 4.78 is 13.7. The predicted octanol–water partition coefficient (Wildman–Crippen LogP) is 4.12. The maximum atomic E-state index is 13.3. The van der Waals surface area contributed by atoms with Gasteiger partial charge in [-0.3, -0.25) is 4.79 Å². The molecule has 3 nitrogen and oxygen atoms in total. The van der Waals surface area contributed by atoms with Crippen molar-refractivity contribution in [3.63, 3.8) is 0 Å². The third kappa shape index (κ3) is 4.19. The van der Waals surface area contributed by atoms with E-state index in [0.29, 0.717) is 22.5 Å². The van der Waals surface area contributed by atoms with Gasteiger partial charge in [-0.1, -0.05) is 26.2 Å². The molecule has 2 rings (SSSR count).